The van der Waals surface area contributed by atoms with Crippen molar-refractivity contribution in [1.82, 2.24) is 15.5 Å². The van der Waals surface area contributed by atoms with Crippen molar-refractivity contribution in [2.75, 3.05) is 12.4 Å². The number of ether oxygens (including phenoxy) is 3. The number of sulfone groups is 1. The summed E-state index contributed by atoms with van der Waals surface area (Å²) in [6, 6.07) is 3.05. The number of alkyl carbamates (subject to hydrolysis) is 1. The molecule has 0 bridgehead atoms. The Bertz CT molecular complexity index is 1570. The third-order valence-corrected chi connectivity index (χ3v) is 9.27. The molecule has 15 nitrogen and oxygen atoms in total. The van der Waals surface area contributed by atoms with E-state index in [1.54, 1.807) is 32.9 Å². The highest BCUT2D eigenvalue weighted by atomic mass is 35.5. The number of nitrogens with zero attached hydrogens (tertiary/aromatic N) is 1. The van der Waals surface area contributed by atoms with Crippen molar-refractivity contribution in [2.45, 2.75) is 71.2 Å². The first-order valence-corrected chi connectivity index (χ1v) is 16.3. The van der Waals surface area contributed by atoms with Crippen LogP contribution in [0.15, 0.2) is 29.5 Å². The van der Waals surface area contributed by atoms with Crippen molar-refractivity contribution < 1.29 is 56.5 Å². The van der Waals surface area contributed by atoms with Gasteiger partial charge in [0.2, 0.25) is 5.91 Å². The van der Waals surface area contributed by atoms with Gasteiger partial charge in [0.05, 0.1) is 11.2 Å². The minimum Gasteiger partial charge on any atom is -0.477 e. The molecule has 1 aromatic rings. The summed E-state index contributed by atoms with van der Waals surface area (Å²) in [5, 5.41) is 13.4. The zero-order valence-corrected chi connectivity index (χ0v) is 27.6. The van der Waals surface area contributed by atoms with Crippen molar-refractivity contribution in [3.8, 4) is 0 Å². The molecule has 3 rings (SSSR count). The number of amides is 3. The van der Waals surface area contributed by atoms with Gasteiger partial charge in [0.25, 0.3) is 5.91 Å². The van der Waals surface area contributed by atoms with Gasteiger partial charge in [0.1, 0.15) is 25.0 Å². The highest BCUT2D eigenvalue weighted by Crippen LogP contribution is 2.37. The molecule has 1 unspecified atom stereocenters. The maximum absolute atomic E-state index is 12.9. The van der Waals surface area contributed by atoms with Crippen molar-refractivity contribution in [3.05, 3.63) is 45.1 Å². The Morgan fingerprint density at radius 1 is 1.11 bits per heavy atom. The van der Waals surface area contributed by atoms with Gasteiger partial charge in [0, 0.05) is 40.9 Å². The number of nitrogens with one attached hydrogen (secondary N) is 2. The lowest BCUT2D eigenvalue weighted by molar-refractivity contribution is -0.160. The standard InChI is InChI=1S/C28H33Cl2N3O12S/c1-14(34)43-12-16-13-46(41,42)24-21(23(36)33(24)22(16)25(37)38)31-19(35)6-5-7-20(45-26(39)28(2,3)4)32-27(40)44-11-15-8-9-17(29)10-18(15)30/h8-10,20-21,24H,5-7,11-13H2,1-4H3,(H,31,35)(H,32,40)(H,37,38)/t20?,21-,24-/m0/s1. The second-order valence-corrected chi connectivity index (χ2v) is 14.4. The Labute approximate surface area is 274 Å². The van der Waals surface area contributed by atoms with Crippen LogP contribution in [0.4, 0.5) is 4.79 Å². The third kappa shape index (κ3) is 9.10. The number of β-lactam (4-membered cyclic amide) rings is 1. The summed E-state index contributed by atoms with van der Waals surface area (Å²) in [5.74, 6) is -5.54. The van der Waals surface area contributed by atoms with Crippen molar-refractivity contribution in [1.29, 1.82) is 0 Å². The van der Waals surface area contributed by atoms with Gasteiger partial charge < -0.3 is 24.6 Å². The number of hydrogen-bond donors (Lipinski definition) is 3. The Kier molecular flexibility index (Phi) is 11.7. The Morgan fingerprint density at radius 2 is 1.78 bits per heavy atom. The predicted molar refractivity (Wildman–Crippen MR) is 161 cm³/mol. The predicted octanol–water partition coefficient (Wildman–Crippen LogP) is 2.29. The molecule has 46 heavy (non-hydrogen) atoms. The van der Waals surface area contributed by atoms with Gasteiger partial charge in [-0.05, 0) is 39.3 Å². The number of halogens is 2. The molecular weight excluding hydrogens is 673 g/mol. The van der Waals surface area contributed by atoms with Gasteiger partial charge >= 0.3 is 24.0 Å². The summed E-state index contributed by atoms with van der Waals surface area (Å²) < 4.78 is 41.2. The van der Waals surface area contributed by atoms with Gasteiger partial charge in [-0.25, -0.2) is 18.0 Å². The van der Waals surface area contributed by atoms with Crippen LogP contribution in [-0.2, 0) is 54.6 Å². The van der Waals surface area contributed by atoms with Crippen LogP contribution in [0.5, 0.6) is 0 Å². The summed E-state index contributed by atoms with van der Waals surface area (Å²) in [6.45, 7) is 5.00. The molecule has 18 heteroatoms. The molecule has 0 radical (unpaired) electrons. The van der Waals surface area contributed by atoms with Gasteiger partial charge in [-0.1, -0.05) is 29.3 Å². The second-order valence-electron chi connectivity index (χ2n) is 11.5. The number of rotatable bonds is 12. The average molecular weight is 707 g/mol. The van der Waals surface area contributed by atoms with Crippen LogP contribution in [0.1, 0.15) is 52.5 Å². The molecule has 2 aliphatic heterocycles. The van der Waals surface area contributed by atoms with E-state index in [0.717, 1.165) is 6.92 Å². The van der Waals surface area contributed by atoms with Crippen LogP contribution >= 0.6 is 23.2 Å². The lowest BCUT2D eigenvalue weighted by atomic mass is 9.97. The number of carbonyl (C=O) groups is 6. The molecule has 3 N–H and O–H groups in total. The normalized spacial score (nSPS) is 19.3. The van der Waals surface area contributed by atoms with Crippen molar-refractivity contribution in [3.63, 3.8) is 0 Å². The second kappa shape index (κ2) is 14.7. The van der Waals surface area contributed by atoms with Gasteiger partial charge in [-0.15, -0.1) is 0 Å². The summed E-state index contributed by atoms with van der Waals surface area (Å²) in [6.07, 6.45) is -2.50. The van der Waals surface area contributed by atoms with Crippen molar-refractivity contribution >= 4 is 68.9 Å². The maximum Gasteiger partial charge on any atom is 0.410 e. The number of aliphatic carboxylic acids is 1. The SMILES string of the molecule is CC(=O)OCC1=C(C(=O)O)N2C(=O)[C@H](NC(=O)CCCC(NC(=O)OCc3ccc(Cl)cc3Cl)OC(=O)C(C)(C)C)[C@@H]2S(=O)(=O)C1. The largest absolute Gasteiger partial charge is 0.477 e. The first-order valence-electron chi connectivity index (χ1n) is 13.8. The van der Waals surface area contributed by atoms with Crippen LogP contribution in [0.2, 0.25) is 10.0 Å². The number of carboxylic acids is 1. The Morgan fingerprint density at radius 3 is 2.37 bits per heavy atom. The van der Waals surface area contributed by atoms with E-state index in [0.29, 0.717) is 15.5 Å². The first-order chi connectivity index (χ1) is 21.3. The number of fused-ring (bicyclic) bond motifs is 1. The molecular formula is C28H33Cl2N3O12S. The molecule has 3 amide bonds. The van der Waals surface area contributed by atoms with Crippen LogP contribution in [0.3, 0.4) is 0 Å². The fourth-order valence-corrected chi connectivity index (χ4v) is 6.91. The first kappa shape index (κ1) is 36.6. The average Bonchev–Trinajstić information content (AvgIpc) is 2.92. The Hall–Kier alpha value is -3.89. The minimum absolute atomic E-state index is 0.00602. The summed E-state index contributed by atoms with van der Waals surface area (Å²) in [5.41, 5.74) is -1.37. The molecule has 0 aliphatic carbocycles. The Balaban J connectivity index is 1.62. The van der Waals surface area contributed by atoms with Gasteiger partial charge in [-0.3, -0.25) is 29.4 Å². The monoisotopic (exact) mass is 705 g/mol. The van der Waals surface area contributed by atoms with E-state index < -0.39 is 86.8 Å². The highest BCUT2D eigenvalue weighted by molar-refractivity contribution is 7.92. The maximum atomic E-state index is 12.9. The smallest absolute Gasteiger partial charge is 0.410 e. The molecule has 1 fully saturated rings. The van der Waals surface area contributed by atoms with Gasteiger partial charge in [-0.2, -0.15) is 0 Å². The fourth-order valence-electron chi connectivity index (χ4n) is 4.44. The molecule has 1 aromatic carbocycles. The van der Waals surface area contributed by atoms with E-state index in [2.05, 4.69) is 10.6 Å². The van der Waals surface area contributed by atoms with E-state index in [-0.39, 0.29) is 36.5 Å². The van der Waals surface area contributed by atoms with E-state index in [1.807, 2.05) is 0 Å². The van der Waals surface area contributed by atoms with E-state index in [9.17, 15) is 42.3 Å². The number of hydrogen-bond acceptors (Lipinski definition) is 11. The number of esters is 2. The van der Waals surface area contributed by atoms with Crippen molar-refractivity contribution in [2.24, 2.45) is 5.41 Å². The summed E-state index contributed by atoms with van der Waals surface area (Å²) in [7, 11) is -4.18. The highest BCUT2D eigenvalue weighted by Gasteiger charge is 2.60. The zero-order valence-electron chi connectivity index (χ0n) is 25.3. The molecule has 2 aliphatic rings. The minimum atomic E-state index is -4.18. The fraction of sp³-hybridized carbons (Fsp3) is 0.500. The molecule has 1 saturated heterocycles. The van der Waals surface area contributed by atoms with Crippen LogP contribution in [0, 0.1) is 5.41 Å². The zero-order chi connectivity index (χ0) is 34.6. The molecule has 0 saturated carbocycles. The van der Waals surface area contributed by atoms with E-state index >= 15 is 0 Å². The number of carbonyl (C=O) groups excluding carboxylic acids is 5. The molecule has 0 aromatic heterocycles. The number of benzene rings is 1. The van der Waals surface area contributed by atoms with E-state index in [1.165, 1.54) is 6.07 Å². The number of carboxylic acid groups (broad SMARTS) is 1. The van der Waals surface area contributed by atoms with Crippen LogP contribution in [-0.4, -0.2) is 84.2 Å². The topological polar surface area (TPSA) is 212 Å². The molecule has 252 valence electrons. The van der Waals surface area contributed by atoms with Gasteiger partial charge in [0.15, 0.2) is 21.4 Å². The van der Waals surface area contributed by atoms with E-state index in [4.69, 9.17) is 37.4 Å². The van der Waals surface area contributed by atoms with Crippen LogP contribution in [0.25, 0.3) is 0 Å². The molecule has 3 atom stereocenters. The molecule has 2 heterocycles. The van der Waals surface area contributed by atoms with Crippen LogP contribution < -0.4 is 10.6 Å². The lowest BCUT2D eigenvalue weighted by Crippen LogP contribution is -2.74. The molecule has 0 spiro atoms. The summed E-state index contributed by atoms with van der Waals surface area (Å²) >= 11 is 12.0. The third-order valence-electron chi connectivity index (χ3n) is 6.72. The lowest BCUT2D eigenvalue weighted by Gasteiger charge is -2.49. The quantitative estimate of drug-likeness (QED) is 0.124. The summed E-state index contributed by atoms with van der Waals surface area (Å²) in [4.78, 5) is 74.2.